The molecule has 1 unspecified atom stereocenters. The van der Waals surface area contributed by atoms with Crippen LogP contribution in [0.3, 0.4) is 0 Å². The molecule has 2 fully saturated rings. The first kappa shape index (κ1) is 13.3. The number of nitrogens with one attached hydrogen (secondary N) is 1. The van der Waals surface area contributed by atoms with Crippen LogP contribution in [0, 0.1) is 5.92 Å². The van der Waals surface area contributed by atoms with E-state index >= 15 is 0 Å². The van der Waals surface area contributed by atoms with Gasteiger partial charge in [0, 0.05) is 19.1 Å². The van der Waals surface area contributed by atoms with E-state index in [1.807, 2.05) is 6.07 Å². The average molecular weight is 284 g/mol. The van der Waals surface area contributed by atoms with Gasteiger partial charge in [0.2, 0.25) is 5.91 Å². The van der Waals surface area contributed by atoms with E-state index < -0.39 is 0 Å². The van der Waals surface area contributed by atoms with E-state index in [1.165, 1.54) is 30.5 Å². The van der Waals surface area contributed by atoms with Crippen molar-refractivity contribution in [3.8, 4) is 0 Å². The van der Waals surface area contributed by atoms with E-state index in [1.54, 1.807) is 0 Å². The van der Waals surface area contributed by atoms with Gasteiger partial charge in [0.05, 0.1) is 5.92 Å². The van der Waals surface area contributed by atoms with Crippen molar-refractivity contribution in [2.24, 2.45) is 5.92 Å². The minimum Gasteiger partial charge on any atom is -0.342 e. The Bertz CT molecular complexity index is 530. The quantitative estimate of drug-likeness (QED) is 0.920. The number of hydrogen-bond acceptors (Lipinski definition) is 2. The molecule has 21 heavy (non-hydrogen) atoms. The Labute approximate surface area is 126 Å². The number of carbonyl (C=O) groups excluding carboxylic acids is 1. The number of piperidine rings is 1. The molecular weight excluding hydrogens is 260 g/mol. The molecule has 1 aromatic carbocycles. The number of fused-ring (bicyclic) bond motifs is 1. The fourth-order valence-corrected chi connectivity index (χ4v) is 3.66. The standard InChI is InChI=1S/C18H24N2O/c21-18(17-11-14-3-1-2-4-16(14)17)20-9-7-15(8-10-20)19-12-13-5-6-13/h1-4,13,15,17,19H,5-12H2. The van der Waals surface area contributed by atoms with Crippen molar-refractivity contribution in [1.82, 2.24) is 10.2 Å². The zero-order valence-corrected chi connectivity index (χ0v) is 12.6. The maximum absolute atomic E-state index is 12.6. The monoisotopic (exact) mass is 284 g/mol. The molecule has 1 saturated carbocycles. The number of nitrogens with zero attached hydrogens (tertiary/aromatic N) is 1. The molecule has 1 amide bonds. The van der Waals surface area contributed by atoms with E-state index in [4.69, 9.17) is 0 Å². The summed E-state index contributed by atoms with van der Waals surface area (Å²) in [6.07, 6.45) is 5.99. The van der Waals surface area contributed by atoms with Crippen LogP contribution in [-0.4, -0.2) is 36.5 Å². The molecular formula is C18H24N2O. The second-order valence-corrected chi connectivity index (χ2v) is 6.91. The van der Waals surface area contributed by atoms with Gasteiger partial charge in [-0.3, -0.25) is 4.79 Å². The number of likely N-dealkylation sites (tertiary alicyclic amines) is 1. The first-order valence-corrected chi connectivity index (χ1v) is 8.41. The number of rotatable bonds is 4. The van der Waals surface area contributed by atoms with Gasteiger partial charge in [0.25, 0.3) is 0 Å². The van der Waals surface area contributed by atoms with Crippen molar-refractivity contribution in [3.05, 3.63) is 35.4 Å². The van der Waals surface area contributed by atoms with Crippen molar-refractivity contribution < 1.29 is 4.79 Å². The molecule has 0 aromatic heterocycles. The molecule has 3 aliphatic rings. The minimum absolute atomic E-state index is 0.136. The van der Waals surface area contributed by atoms with Crippen LogP contribution in [0.25, 0.3) is 0 Å². The van der Waals surface area contributed by atoms with Crippen LogP contribution in [-0.2, 0) is 11.2 Å². The maximum atomic E-state index is 12.6. The number of carbonyl (C=O) groups is 1. The smallest absolute Gasteiger partial charge is 0.230 e. The highest BCUT2D eigenvalue weighted by molar-refractivity contribution is 5.87. The van der Waals surface area contributed by atoms with E-state index in [9.17, 15) is 4.79 Å². The third-order valence-corrected chi connectivity index (χ3v) is 5.35. The fourth-order valence-electron chi connectivity index (χ4n) is 3.66. The Balaban J connectivity index is 1.29. The first-order chi connectivity index (χ1) is 10.3. The summed E-state index contributed by atoms with van der Waals surface area (Å²) in [5.74, 6) is 1.43. The van der Waals surface area contributed by atoms with Crippen LogP contribution in [0.15, 0.2) is 24.3 Å². The third-order valence-electron chi connectivity index (χ3n) is 5.35. The van der Waals surface area contributed by atoms with Gasteiger partial charge in [0.1, 0.15) is 0 Å². The molecule has 4 rings (SSSR count). The Morgan fingerprint density at radius 2 is 1.90 bits per heavy atom. The van der Waals surface area contributed by atoms with E-state index in [2.05, 4.69) is 28.4 Å². The van der Waals surface area contributed by atoms with Gasteiger partial charge in [0.15, 0.2) is 0 Å². The van der Waals surface area contributed by atoms with Gasteiger partial charge in [-0.05, 0) is 55.7 Å². The highest BCUT2D eigenvalue weighted by atomic mass is 16.2. The van der Waals surface area contributed by atoms with Gasteiger partial charge in [-0.15, -0.1) is 0 Å². The molecule has 1 aromatic rings. The molecule has 1 saturated heterocycles. The minimum atomic E-state index is 0.136. The van der Waals surface area contributed by atoms with Gasteiger partial charge in [-0.1, -0.05) is 24.3 Å². The van der Waals surface area contributed by atoms with Gasteiger partial charge in [-0.25, -0.2) is 0 Å². The molecule has 3 nitrogen and oxygen atoms in total. The fraction of sp³-hybridized carbons (Fsp3) is 0.611. The molecule has 0 radical (unpaired) electrons. The summed E-state index contributed by atoms with van der Waals surface area (Å²) in [4.78, 5) is 14.7. The van der Waals surface area contributed by atoms with Crippen molar-refractivity contribution in [3.63, 3.8) is 0 Å². The summed E-state index contributed by atoms with van der Waals surface area (Å²) < 4.78 is 0. The summed E-state index contributed by atoms with van der Waals surface area (Å²) in [6, 6.07) is 9.00. The van der Waals surface area contributed by atoms with Crippen LogP contribution in [0.4, 0.5) is 0 Å². The lowest BCUT2D eigenvalue weighted by Crippen LogP contribution is -2.48. The Morgan fingerprint density at radius 1 is 1.14 bits per heavy atom. The highest BCUT2D eigenvalue weighted by Gasteiger charge is 2.36. The van der Waals surface area contributed by atoms with E-state index in [0.29, 0.717) is 11.9 Å². The van der Waals surface area contributed by atoms with Crippen molar-refractivity contribution in [1.29, 1.82) is 0 Å². The second kappa shape index (κ2) is 5.45. The molecule has 1 aliphatic heterocycles. The molecule has 3 heteroatoms. The van der Waals surface area contributed by atoms with Crippen molar-refractivity contribution in [2.45, 2.75) is 44.1 Å². The summed E-state index contributed by atoms with van der Waals surface area (Å²) in [7, 11) is 0. The van der Waals surface area contributed by atoms with Gasteiger partial charge < -0.3 is 10.2 Å². The van der Waals surface area contributed by atoms with Gasteiger partial charge >= 0.3 is 0 Å². The van der Waals surface area contributed by atoms with Crippen LogP contribution in [0.2, 0.25) is 0 Å². The lowest BCUT2D eigenvalue weighted by atomic mass is 9.76. The van der Waals surface area contributed by atoms with E-state index in [-0.39, 0.29) is 5.92 Å². The van der Waals surface area contributed by atoms with Crippen LogP contribution in [0.1, 0.15) is 42.7 Å². The Kier molecular flexibility index (Phi) is 3.46. The summed E-state index contributed by atoms with van der Waals surface area (Å²) >= 11 is 0. The highest BCUT2D eigenvalue weighted by Crippen LogP contribution is 2.36. The van der Waals surface area contributed by atoms with Crippen LogP contribution in [0.5, 0.6) is 0 Å². The Hall–Kier alpha value is -1.35. The molecule has 112 valence electrons. The normalized spacial score (nSPS) is 25.3. The van der Waals surface area contributed by atoms with Crippen molar-refractivity contribution >= 4 is 5.91 Å². The van der Waals surface area contributed by atoms with Crippen LogP contribution < -0.4 is 5.32 Å². The lowest BCUT2D eigenvalue weighted by Gasteiger charge is -2.38. The predicted molar refractivity (Wildman–Crippen MR) is 83.2 cm³/mol. The summed E-state index contributed by atoms with van der Waals surface area (Å²) in [5.41, 5.74) is 2.62. The zero-order chi connectivity index (χ0) is 14.2. The number of hydrogen-bond donors (Lipinski definition) is 1. The molecule has 1 atom stereocenters. The van der Waals surface area contributed by atoms with Crippen LogP contribution >= 0.6 is 0 Å². The molecule has 1 N–H and O–H groups in total. The number of benzene rings is 1. The SMILES string of the molecule is O=C(C1Cc2ccccc21)N1CCC(NCC2CC2)CC1. The second-order valence-electron chi connectivity index (χ2n) is 6.91. The predicted octanol–water partition coefficient (Wildman–Crippen LogP) is 2.32. The summed E-state index contributed by atoms with van der Waals surface area (Å²) in [5, 5.41) is 3.68. The molecule has 0 bridgehead atoms. The first-order valence-electron chi connectivity index (χ1n) is 8.41. The molecule has 1 heterocycles. The topological polar surface area (TPSA) is 32.3 Å². The lowest BCUT2D eigenvalue weighted by molar-refractivity contribution is -0.134. The van der Waals surface area contributed by atoms with Gasteiger partial charge in [-0.2, -0.15) is 0 Å². The zero-order valence-electron chi connectivity index (χ0n) is 12.6. The maximum Gasteiger partial charge on any atom is 0.230 e. The summed E-state index contributed by atoms with van der Waals surface area (Å²) in [6.45, 7) is 3.05. The molecule has 2 aliphatic carbocycles. The van der Waals surface area contributed by atoms with E-state index in [0.717, 1.165) is 38.3 Å². The average Bonchev–Trinajstić information content (AvgIpc) is 3.31. The number of amides is 1. The molecule has 0 spiro atoms. The largest absolute Gasteiger partial charge is 0.342 e. The third kappa shape index (κ3) is 2.71. The van der Waals surface area contributed by atoms with Crippen molar-refractivity contribution in [2.75, 3.05) is 19.6 Å². The Morgan fingerprint density at radius 3 is 2.62 bits per heavy atom.